The minimum atomic E-state index is -1.02. The summed E-state index contributed by atoms with van der Waals surface area (Å²) in [7, 11) is 1.48. The molecule has 1 fully saturated rings. The molecule has 0 saturated carbocycles. The zero-order valence-electron chi connectivity index (χ0n) is 18.9. The Bertz CT molecular complexity index is 1400. The Morgan fingerprint density at radius 3 is 2.34 bits per heavy atom. The Labute approximate surface area is 201 Å². The number of Topliss-reactive ketones (excluding diaryl/α,β-unsaturated/α-hetero) is 1. The van der Waals surface area contributed by atoms with Gasteiger partial charge < -0.3 is 14.6 Å². The maximum Gasteiger partial charge on any atom is 0.308 e. The summed E-state index contributed by atoms with van der Waals surface area (Å²) in [5.41, 5.74) is 1.35. The van der Waals surface area contributed by atoms with Crippen LogP contribution in [0.4, 0.5) is 5.69 Å². The molecule has 1 atom stereocenters. The molecule has 1 aliphatic rings. The fraction of sp³-hybridized carbons (Fsp3) is 0.111. The van der Waals surface area contributed by atoms with E-state index in [0.717, 1.165) is 0 Å². The summed E-state index contributed by atoms with van der Waals surface area (Å²) in [6, 6.07) is 20.0. The van der Waals surface area contributed by atoms with E-state index in [-0.39, 0.29) is 17.1 Å². The fourth-order valence-corrected chi connectivity index (χ4v) is 3.95. The fourth-order valence-electron chi connectivity index (χ4n) is 3.95. The highest BCUT2D eigenvalue weighted by molar-refractivity contribution is 6.51. The molecule has 0 bridgehead atoms. The zero-order chi connectivity index (χ0) is 25.1. The quantitative estimate of drug-likeness (QED) is 0.197. The first kappa shape index (κ1) is 23.3. The Balaban J connectivity index is 1.94. The van der Waals surface area contributed by atoms with Gasteiger partial charge in [-0.05, 0) is 54.1 Å². The maximum atomic E-state index is 13.2. The molecule has 4 rings (SSSR count). The van der Waals surface area contributed by atoms with Crippen LogP contribution in [0.1, 0.15) is 29.7 Å². The van der Waals surface area contributed by atoms with Crippen LogP contribution in [0.3, 0.4) is 0 Å². The van der Waals surface area contributed by atoms with Crippen molar-refractivity contribution in [2.45, 2.75) is 13.0 Å². The molecule has 1 amide bonds. The van der Waals surface area contributed by atoms with Gasteiger partial charge in [-0.25, -0.2) is 0 Å². The van der Waals surface area contributed by atoms with Gasteiger partial charge in [-0.2, -0.15) is 5.26 Å². The number of esters is 1. The number of hydrogen-bond donors (Lipinski definition) is 1. The number of methoxy groups -OCH3 is 1. The van der Waals surface area contributed by atoms with Crippen LogP contribution in [0.25, 0.3) is 5.76 Å². The van der Waals surface area contributed by atoms with E-state index in [9.17, 15) is 19.5 Å². The first-order valence-electron chi connectivity index (χ1n) is 10.6. The molecule has 1 N–H and O–H groups in total. The van der Waals surface area contributed by atoms with Gasteiger partial charge in [0.15, 0.2) is 0 Å². The average molecular weight is 468 g/mol. The first-order chi connectivity index (χ1) is 16.8. The van der Waals surface area contributed by atoms with Gasteiger partial charge in [0, 0.05) is 18.2 Å². The van der Waals surface area contributed by atoms with Crippen molar-refractivity contribution in [3.05, 3.63) is 95.1 Å². The predicted octanol–water partition coefficient (Wildman–Crippen LogP) is 4.12. The van der Waals surface area contributed by atoms with Crippen molar-refractivity contribution < 1.29 is 29.0 Å². The number of ether oxygens (including phenoxy) is 2. The molecule has 3 aromatic carbocycles. The number of amides is 1. The number of carbonyl (C=O) groups excluding carboxylic acids is 3. The second kappa shape index (κ2) is 9.53. The lowest BCUT2D eigenvalue weighted by atomic mass is 9.95. The van der Waals surface area contributed by atoms with Crippen LogP contribution in [0.15, 0.2) is 78.4 Å². The highest BCUT2D eigenvalue weighted by Crippen LogP contribution is 2.43. The standard InChI is InChI=1S/C27H20N2O6/c1-16(30)35-22-8-3-5-18(13-22)24-23(25(31)19-6-4-7-21(14-19)34-2)26(32)27(33)29(24)20-11-9-17(15-28)10-12-20/h3-14,24,31H,1-2H3/b25-23-. The van der Waals surface area contributed by atoms with E-state index in [1.165, 1.54) is 37.1 Å². The van der Waals surface area contributed by atoms with Gasteiger partial charge in [-0.15, -0.1) is 0 Å². The molecule has 35 heavy (non-hydrogen) atoms. The number of nitriles is 1. The molecular formula is C27H20N2O6. The number of rotatable bonds is 5. The van der Waals surface area contributed by atoms with E-state index in [4.69, 9.17) is 14.7 Å². The van der Waals surface area contributed by atoms with Crippen LogP contribution >= 0.6 is 0 Å². The summed E-state index contributed by atoms with van der Waals surface area (Å²) in [6.07, 6.45) is 0. The summed E-state index contributed by atoms with van der Waals surface area (Å²) in [4.78, 5) is 39.2. The predicted molar refractivity (Wildman–Crippen MR) is 127 cm³/mol. The number of aliphatic hydroxyl groups excluding tert-OH is 1. The van der Waals surface area contributed by atoms with Crippen molar-refractivity contribution >= 4 is 29.1 Å². The van der Waals surface area contributed by atoms with Crippen molar-refractivity contribution in [2.24, 2.45) is 0 Å². The molecule has 1 saturated heterocycles. The summed E-state index contributed by atoms with van der Waals surface area (Å²) >= 11 is 0. The van der Waals surface area contributed by atoms with E-state index in [2.05, 4.69) is 0 Å². The third-order valence-corrected chi connectivity index (χ3v) is 5.50. The minimum Gasteiger partial charge on any atom is -0.507 e. The second-order valence-electron chi connectivity index (χ2n) is 7.73. The molecular weight excluding hydrogens is 448 g/mol. The summed E-state index contributed by atoms with van der Waals surface area (Å²) in [5, 5.41) is 20.3. The molecule has 3 aromatic rings. The second-order valence-corrected chi connectivity index (χ2v) is 7.73. The molecule has 174 valence electrons. The van der Waals surface area contributed by atoms with Gasteiger partial charge in [0.1, 0.15) is 17.3 Å². The van der Waals surface area contributed by atoms with Gasteiger partial charge in [-0.1, -0.05) is 24.3 Å². The Hall–Kier alpha value is -4.90. The number of ketones is 1. The topological polar surface area (TPSA) is 117 Å². The van der Waals surface area contributed by atoms with Crippen molar-refractivity contribution in [1.29, 1.82) is 5.26 Å². The Kier molecular flexibility index (Phi) is 6.34. The number of carbonyl (C=O) groups is 3. The van der Waals surface area contributed by atoms with E-state index >= 15 is 0 Å². The largest absolute Gasteiger partial charge is 0.507 e. The monoisotopic (exact) mass is 468 g/mol. The lowest BCUT2D eigenvalue weighted by molar-refractivity contribution is -0.132. The highest BCUT2D eigenvalue weighted by atomic mass is 16.5. The highest BCUT2D eigenvalue weighted by Gasteiger charge is 2.47. The maximum absolute atomic E-state index is 13.2. The van der Waals surface area contributed by atoms with E-state index in [0.29, 0.717) is 28.1 Å². The van der Waals surface area contributed by atoms with Crippen molar-refractivity contribution in [3.8, 4) is 17.6 Å². The SMILES string of the molecule is COc1cccc(/C(O)=C2/C(=O)C(=O)N(c3ccc(C#N)cc3)C2c2cccc(OC(C)=O)c2)c1. The molecule has 8 heteroatoms. The number of hydrogen-bond acceptors (Lipinski definition) is 7. The number of nitrogens with zero attached hydrogens (tertiary/aromatic N) is 2. The van der Waals surface area contributed by atoms with Crippen LogP contribution in [-0.2, 0) is 14.4 Å². The zero-order valence-corrected chi connectivity index (χ0v) is 18.9. The third kappa shape index (κ3) is 4.48. The van der Waals surface area contributed by atoms with Crippen molar-refractivity contribution in [1.82, 2.24) is 0 Å². The summed E-state index contributed by atoms with van der Waals surface area (Å²) < 4.78 is 10.4. The molecule has 1 unspecified atom stereocenters. The van der Waals surface area contributed by atoms with E-state index < -0.39 is 23.7 Å². The van der Waals surface area contributed by atoms with Gasteiger partial charge >= 0.3 is 5.97 Å². The third-order valence-electron chi connectivity index (χ3n) is 5.50. The average Bonchev–Trinajstić information content (AvgIpc) is 3.13. The van der Waals surface area contributed by atoms with Crippen molar-refractivity contribution in [3.63, 3.8) is 0 Å². The first-order valence-corrected chi connectivity index (χ1v) is 10.6. The van der Waals surface area contributed by atoms with Crippen LogP contribution in [0, 0.1) is 11.3 Å². The number of anilines is 1. The molecule has 0 aliphatic carbocycles. The lowest BCUT2D eigenvalue weighted by Crippen LogP contribution is -2.29. The number of benzene rings is 3. The van der Waals surface area contributed by atoms with Crippen LogP contribution in [0.5, 0.6) is 11.5 Å². The molecule has 0 radical (unpaired) electrons. The molecule has 0 aromatic heterocycles. The van der Waals surface area contributed by atoms with Gasteiger partial charge in [-0.3, -0.25) is 19.3 Å². The number of aliphatic hydroxyl groups is 1. The summed E-state index contributed by atoms with van der Waals surface area (Å²) in [6.45, 7) is 1.26. The Morgan fingerprint density at radius 1 is 1.00 bits per heavy atom. The summed E-state index contributed by atoms with van der Waals surface area (Å²) in [5.74, 6) is -1.94. The normalized spacial score (nSPS) is 16.6. The van der Waals surface area contributed by atoms with Crippen LogP contribution in [0.2, 0.25) is 0 Å². The smallest absolute Gasteiger partial charge is 0.308 e. The molecule has 8 nitrogen and oxygen atoms in total. The minimum absolute atomic E-state index is 0.132. The molecule has 0 spiro atoms. The van der Waals surface area contributed by atoms with Gasteiger partial charge in [0.2, 0.25) is 0 Å². The molecule has 1 aliphatic heterocycles. The van der Waals surface area contributed by atoms with Gasteiger partial charge in [0.25, 0.3) is 11.7 Å². The lowest BCUT2D eigenvalue weighted by Gasteiger charge is -2.25. The molecule has 1 heterocycles. The Morgan fingerprint density at radius 2 is 1.69 bits per heavy atom. The van der Waals surface area contributed by atoms with E-state index in [1.54, 1.807) is 54.6 Å². The van der Waals surface area contributed by atoms with E-state index in [1.807, 2.05) is 6.07 Å². The van der Waals surface area contributed by atoms with Crippen molar-refractivity contribution in [2.75, 3.05) is 12.0 Å². The van der Waals surface area contributed by atoms with Crippen LogP contribution in [-0.4, -0.2) is 29.9 Å². The van der Waals surface area contributed by atoms with Gasteiger partial charge in [0.05, 0.1) is 30.4 Å². The van der Waals surface area contributed by atoms with Crippen LogP contribution < -0.4 is 14.4 Å².